The van der Waals surface area contributed by atoms with Crippen molar-refractivity contribution in [3.05, 3.63) is 21.7 Å². The van der Waals surface area contributed by atoms with Crippen LogP contribution in [0.4, 0.5) is 10.6 Å². The summed E-state index contributed by atoms with van der Waals surface area (Å²) in [5.74, 6) is 0.481. The molecule has 2 aromatic rings. The number of fused-ring (bicyclic) bond motifs is 1. The third kappa shape index (κ3) is 3.35. The first-order chi connectivity index (χ1) is 11.9. The topological polar surface area (TPSA) is 106 Å². The normalized spacial score (nSPS) is 17.6. The van der Waals surface area contributed by atoms with Crippen LogP contribution < -0.4 is 4.90 Å². The van der Waals surface area contributed by atoms with Crippen LogP contribution in [0.5, 0.6) is 0 Å². The molecule has 130 valence electrons. The van der Waals surface area contributed by atoms with Crippen LogP contribution in [-0.2, 0) is 0 Å². The summed E-state index contributed by atoms with van der Waals surface area (Å²) in [6, 6.07) is 1.54. The highest BCUT2D eigenvalue weighted by Gasteiger charge is 2.32. The Morgan fingerprint density at radius 1 is 1.36 bits per heavy atom. The average Bonchev–Trinajstić information content (AvgIpc) is 2.58. The van der Waals surface area contributed by atoms with Gasteiger partial charge in [-0.25, -0.2) is 14.8 Å². The number of carbonyl (C=O) groups is 1. The second-order valence-corrected chi connectivity index (χ2v) is 6.45. The summed E-state index contributed by atoms with van der Waals surface area (Å²) in [7, 11) is 0. The smallest absolute Gasteiger partial charge is 0.407 e. The van der Waals surface area contributed by atoms with E-state index in [0.717, 1.165) is 0 Å². The highest BCUT2D eigenvalue weighted by Crippen LogP contribution is 2.33. The summed E-state index contributed by atoms with van der Waals surface area (Å²) in [6.07, 6.45) is 0.518. The van der Waals surface area contributed by atoms with Crippen LogP contribution >= 0.6 is 34.8 Å². The molecule has 1 atom stereocenters. The number of amides is 1. The highest BCUT2D eigenvalue weighted by molar-refractivity contribution is 6.44. The van der Waals surface area contributed by atoms with Crippen molar-refractivity contribution in [2.24, 2.45) is 0 Å². The predicted octanol–water partition coefficient (Wildman–Crippen LogP) is 3.07. The van der Waals surface area contributed by atoms with Gasteiger partial charge in [-0.3, -0.25) is 0 Å². The summed E-state index contributed by atoms with van der Waals surface area (Å²) in [5.41, 5.74) is 0.370. The monoisotopic (exact) mass is 400 g/mol. The molecule has 11 heteroatoms. The predicted molar refractivity (Wildman–Crippen MR) is 93.3 cm³/mol. The van der Waals surface area contributed by atoms with E-state index in [2.05, 4.69) is 15.0 Å². The Morgan fingerprint density at radius 2 is 2.12 bits per heavy atom. The van der Waals surface area contributed by atoms with E-state index in [0.29, 0.717) is 29.8 Å². The number of hydrogen-bond acceptors (Lipinski definition) is 6. The Balaban J connectivity index is 2.03. The molecule has 8 nitrogen and oxygen atoms in total. The lowest BCUT2D eigenvalue weighted by Crippen LogP contribution is -2.55. The SMILES string of the molecule is N#CC[C@H]1CN(c2nc(Cl)nc3c(Cl)c(Cl)ncc23)CCN1C(=O)O. The van der Waals surface area contributed by atoms with Crippen molar-refractivity contribution in [3.8, 4) is 6.07 Å². The number of pyridine rings is 1. The number of rotatable bonds is 2. The van der Waals surface area contributed by atoms with E-state index in [-0.39, 0.29) is 28.4 Å². The van der Waals surface area contributed by atoms with E-state index >= 15 is 0 Å². The number of nitriles is 1. The molecule has 1 N–H and O–H groups in total. The van der Waals surface area contributed by atoms with Gasteiger partial charge in [-0.15, -0.1) is 0 Å². The van der Waals surface area contributed by atoms with Crippen LogP contribution in [0.25, 0.3) is 10.9 Å². The minimum Gasteiger partial charge on any atom is -0.465 e. The molecule has 1 fully saturated rings. The molecule has 1 amide bonds. The largest absolute Gasteiger partial charge is 0.465 e. The maximum Gasteiger partial charge on any atom is 0.407 e. The fraction of sp³-hybridized carbons (Fsp3) is 0.357. The molecule has 0 aromatic carbocycles. The fourth-order valence-corrected chi connectivity index (χ4v) is 3.31. The molecule has 0 aliphatic carbocycles. The standard InChI is InChI=1S/C14H11Cl3N6O2/c15-9-10-8(5-19-11(9)16)12(21-13(17)20-10)22-3-4-23(14(24)25)7(6-22)1-2-18/h5,7H,1,3-4,6H2,(H,24,25)/t7-/m0/s1. The third-order valence-electron chi connectivity index (χ3n) is 3.95. The molecule has 2 aromatic heterocycles. The first kappa shape index (κ1) is 17.7. The number of anilines is 1. The molecule has 0 unspecified atom stereocenters. The van der Waals surface area contributed by atoms with Gasteiger partial charge in [-0.1, -0.05) is 23.2 Å². The van der Waals surface area contributed by atoms with Crippen molar-refractivity contribution in [2.75, 3.05) is 24.5 Å². The van der Waals surface area contributed by atoms with E-state index in [9.17, 15) is 9.90 Å². The van der Waals surface area contributed by atoms with E-state index < -0.39 is 12.1 Å². The van der Waals surface area contributed by atoms with Gasteiger partial charge in [0.15, 0.2) is 0 Å². The number of hydrogen-bond donors (Lipinski definition) is 1. The van der Waals surface area contributed by atoms with Gasteiger partial charge in [0, 0.05) is 25.8 Å². The lowest BCUT2D eigenvalue weighted by molar-refractivity contribution is 0.119. The molecule has 0 bridgehead atoms. The second-order valence-electron chi connectivity index (χ2n) is 5.38. The first-order valence-corrected chi connectivity index (χ1v) is 8.34. The van der Waals surface area contributed by atoms with Gasteiger partial charge >= 0.3 is 6.09 Å². The van der Waals surface area contributed by atoms with Crippen molar-refractivity contribution < 1.29 is 9.90 Å². The molecule has 3 heterocycles. The molecule has 1 saturated heterocycles. The van der Waals surface area contributed by atoms with Crippen molar-refractivity contribution in [1.29, 1.82) is 5.26 Å². The zero-order valence-electron chi connectivity index (χ0n) is 12.7. The van der Waals surface area contributed by atoms with Crippen molar-refractivity contribution in [3.63, 3.8) is 0 Å². The number of halogens is 3. The molecular weight excluding hydrogens is 391 g/mol. The average molecular weight is 402 g/mol. The van der Waals surface area contributed by atoms with Crippen molar-refractivity contribution >= 4 is 57.6 Å². The van der Waals surface area contributed by atoms with Gasteiger partial charge < -0.3 is 14.9 Å². The second kappa shape index (κ2) is 7.04. The van der Waals surface area contributed by atoms with Crippen LogP contribution in [0.15, 0.2) is 6.20 Å². The van der Waals surface area contributed by atoms with E-state index in [4.69, 9.17) is 40.1 Å². The molecule has 1 aliphatic heterocycles. The van der Waals surface area contributed by atoms with Gasteiger partial charge in [0.25, 0.3) is 0 Å². The summed E-state index contributed by atoms with van der Waals surface area (Å²) in [5, 5.41) is 19.1. The van der Waals surface area contributed by atoms with Crippen LogP contribution in [0.3, 0.4) is 0 Å². The quantitative estimate of drug-likeness (QED) is 0.608. The molecule has 0 spiro atoms. The third-order valence-corrected chi connectivity index (χ3v) is 4.86. The highest BCUT2D eigenvalue weighted by atomic mass is 35.5. The molecular formula is C14H11Cl3N6O2. The van der Waals surface area contributed by atoms with Crippen LogP contribution in [0.2, 0.25) is 15.5 Å². The molecule has 1 aliphatic rings. The zero-order valence-corrected chi connectivity index (χ0v) is 14.9. The zero-order chi connectivity index (χ0) is 18.1. The number of aromatic nitrogens is 3. The first-order valence-electron chi connectivity index (χ1n) is 7.21. The summed E-state index contributed by atoms with van der Waals surface area (Å²) in [6.45, 7) is 0.916. The molecule has 3 rings (SSSR count). The number of piperazine rings is 1. The molecule has 0 radical (unpaired) electrons. The number of carboxylic acid groups (broad SMARTS) is 1. The Hall–Kier alpha value is -2.08. The summed E-state index contributed by atoms with van der Waals surface area (Å²) >= 11 is 18.1. The maximum absolute atomic E-state index is 11.3. The lowest BCUT2D eigenvalue weighted by atomic mass is 10.1. The molecule has 0 saturated carbocycles. The Morgan fingerprint density at radius 3 is 2.80 bits per heavy atom. The van der Waals surface area contributed by atoms with Gasteiger partial charge in [-0.05, 0) is 11.6 Å². The van der Waals surface area contributed by atoms with Gasteiger partial charge in [0.1, 0.15) is 21.5 Å². The Labute approximate surface area is 157 Å². The summed E-state index contributed by atoms with van der Waals surface area (Å²) in [4.78, 5) is 26.8. The minimum absolute atomic E-state index is 0.0100. The van der Waals surface area contributed by atoms with Gasteiger partial charge in [0.05, 0.1) is 23.9 Å². The van der Waals surface area contributed by atoms with E-state index in [1.54, 1.807) is 0 Å². The molecule has 25 heavy (non-hydrogen) atoms. The van der Waals surface area contributed by atoms with Crippen LogP contribution in [0, 0.1) is 11.3 Å². The van der Waals surface area contributed by atoms with E-state index in [1.807, 2.05) is 11.0 Å². The van der Waals surface area contributed by atoms with Crippen molar-refractivity contribution in [2.45, 2.75) is 12.5 Å². The van der Waals surface area contributed by atoms with Crippen molar-refractivity contribution in [1.82, 2.24) is 19.9 Å². The van der Waals surface area contributed by atoms with Crippen LogP contribution in [0.1, 0.15) is 6.42 Å². The fourth-order valence-electron chi connectivity index (χ4n) is 2.81. The Kier molecular flexibility index (Phi) is 4.99. The van der Waals surface area contributed by atoms with Gasteiger partial charge in [-0.2, -0.15) is 10.2 Å². The summed E-state index contributed by atoms with van der Waals surface area (Å²) < 4.78 is 0. The maximum atomic E-state index is 11.3. The minimum atomic E-state index is -1.05. The van der Waals surface area contributed by atoms with Crippen LogP contribution in [-0.4, -0.2) is 56.7 Å². The Bertz CT molecular complexity index is 887. The van der Waals surface area contributed by atoms with Gasteiger partial charge in [0.2, 0.25) is 5.28 Å². The lowest BCUT2D eigenvalue weighted by Gasteiger charge is -2.39. The number of nitrogens with zero attached hydrogens (tertiary/aromatic N) is 6. The van der Waals surface area contributed by atoms with E-state index in [1.165, 1.54) is 11.1 Å².